The van der Waals surface area contributed by atoms with Crippen LogP contribution in [0.1, 0.15) is 33.5 Å². The van der Waals surface area contributed by atoms with Gasteiger partial charge in [-0.2, -0.15) is 5.26 Å². The maximum atomic E-state index is 12.5. The highest BCUT2D eigenvalue weighted by molar-refractivity contribution is 6.06. The van der Waals surface area contributed by atoms with Crippen LogP contribution < -0.4 is 15.4 Å². The average molecular weight is 386 g/mol. The number of hydrogen-bond donors (Lipinski definition) is 2. The Morgan fingerprint density at radius 1 is 0.897 bits per heavy atom. The van der Waals surface area contributed by atoms with Gasteiger partial charge in [0.15, 0.2) is 0 Å². The molecular formula is C22H18N4O3. The summed E-state index contributed by atoms with van der Waals surface area (Å²) in [6, 6.07) is 20.1. The molecule has 0 aliphatic heterocycles. The minimum Gasteiger partial charge on any atom is -0.494 e. The third-order valence-corrected chi connectivity index (χ3v) is 3.91. The molecule has 7 nitrogen and oxygen atoms in total. The Kier molecular flexibility index (Phi) is 6.18. The van der Waals surface area contributed by atoms with Crippen molar-refractivity contribution in [3.8, 4) is 11.8 Å². The van der Waals surface area contributed by atoms with E-state index in [1.807, 2.05) is 13.0 Å². The Labute approximate surface area is 168 Å². The fourth-order valence-electron chi connectivity index (χ4n) is 2.51. The van der Waals surface area contributed by atoms with Gasteiger partial charge < -0.3 is 15.4 Å². The number of anilines is 2. The van der Waals surface area contributed by atoms with Crippen LogP contribution in [0.4, 0.5) is 11.4 Å². The van der Waals surface area contributed by atoms with Gasteiger partial charge in [-0.05, 0) is 67.6 Å². The molecule has 0 fully saturated rings. The molecule has 144 valence electrons. The number of nitriles is 1. The molecule has 0 radical (unpaired) electrons. The number of aromatic nitrogens is 1. The quantitative estimate of drug-likeness (QED) is 0.669. The van der Waals surface area contributed by atoms with Gasteiger partial charge in [0.05, 0.1) is 18.2 Å². The Hall–Kier alpha value is -4.18. The van der Waals surface area contributed by atoms with Crippen LogP contribution in [-0.4, -0.2) is 23.4 Å². The Morgan fingerprint density at radius 2 is 1.41 bits per heavy atom. The summed E-state index contributed by atoms with van der Waals surface area (Å²) in [5.74, 6) is -0.169. The van der Waals surface area contributed by atoms with Gasteiger partial charge >= 0.3 is 0 Å². The zero-order valence-corrected chi connectivity index (χ0v) is 15.7. The molecule has 1 heterocycles. The van der Waals surface area contributed by atoms with Crippen LogP contribution in [0.2, 0.25) is 0 Å². The van der Waals surface area contributed by atoms with E-state index >= 15 is 0 Å². The fourth-order valence-corrected chi connectivity index (χ4v) is 2.51. The van der Waals surface area contributed by atoms with Crippen molar-refractivity contribution < 1.29 is 14.3 Å². The van der Waals surface area contributed by atoms with E-state index in [0.29, 0.717) is 29.3 Å². The van der Waals surface area contributed by atoms with E-state index in [-0.39, 0.29) is 11.4 Å². The largest absolute Gasteiger partial charge is 0.494 e. The normalized spacial score (nSPS) is 9.93. The van der Waals surface area contributed by atoms with Crippen molar-refractivity contribution in [1.29, 1.82) is 5.26 Å². The standard InChI is InChI=1S/C22H18N4O3/c1-2-29-18-12-10-17(11-13-18)25-22(28)20-5-3-4-19(26-20)21(27)24-16-8-6-15(14-23)7-9-16/h3-13H,2H2,1H3,(H,24,27)(H,25,28). The number of ether oxygens (including phenoxy) is 1. The van der Waals surface area contributed by atoms with Crippen molar-refractivity contribution >= 4 is 23.2 Å². The maximum Gasteiger partial charge on any atom is 0.274 e. The zero-order valence-electron chi connectivity index (χ0n) is 15.7. The van der Waals surface area contributed by atoms with Crippen LogP contribution in [0.15, 0.2) is 66.7 Å². The number of benzene rings is 2. The lowest BCUT2D eigenvalue weighted by Crippen LogP contribution is -2.18. The summed E-state index contributed by atoms with van der Waals surface area (Å²) < 4.78 is 5.37. The van der Waals surface area contributed by atoms with Crippen molar-refractivity contribution in [2.75, 3.05) is 17.2 Å². The second-order valence-corrected chi connectivity index (χ2v) is 5.96. The lowest BCUT2D eigenvalue weighted by molar-refractivity contribution is 0.101. The maximum absolute atomic E-state index is 12.5. The van der Waals surface area contributed by atoms with Gasteiger partial charge in [-0.3, -0.25) is 9.59 Å². The molecule has 0 saturated carbocycles. The third kappa shape index (κ3) is 5.17. The van der Waals surface area contributed by atoms with Crippen LogP contribution in [0.25, 0.3) is 0 Å². The molecule has 2 N–H and O–H groups in total. The van der Waals surface area contributed by atoms with E-state index < -0.39 is 11.8 Å². The second kappa shape index (κ2) is 9.15. The lowest BCUT2D eigenvalue weighted by Gasteiger charge is -2.08. The summed E-state index contributed by atoms with van der Waals surface area (Å²) in [6.07, 6.45) is 0. The number of carbonyl (C=O) groups is 2. The van der Waals surface area contributed by atoms with E-state index in [9.17, 15) is 9.59 Å². The first kappa shape index (κ1) is 19.6. The van der Waals surface area contributed by atoms with Gasteiger partial charge in [0.25, 0.3) is 11.8 Å². The van der Waals surface area contributed by atoms with Gasteiger partial charge in [0, 0.05) is 11.4 Å². The van der Waals surface area contributed by atoms with E-state index in [0.717, 1.165) is 0 Å². The number of hydrogen-bond acceptors (Lipinski definition) is 5. The first-order valence-electron chi connectivity index (χ1n) is 8.92. The summed E-state index contributed by atoms with van der Waals surface area (Å²) in [5, 5.41) is 14.2. The molecule has 3 rings (SSSR count). The SMILES string of the molecule is CCOc1ccc(NC(=O)c2cccc(C(=O)Nc3ccc(C#N)cc3)n2)cc1. The van der Waals surface area contributed by atoms with Gasteiger partial charge in [0.1, 0.15) is 17.1 Å². The van der Waals surface area contributed by atoms with Crippen molar-refractivity contribution in [2.45, 2.75) is 6.92 Å². The van der Waals surface area contributed by atoms with Gasteiger partial charge in [-0.1, -0.05) is 6.07 Å². The highest BCUT2D eigenvalue weighted by atomic mass is 16.5. The van der Waals surface area contributed by atoms with Crippen LogP contribution in [-0.2, 0) is 0 Å². The Bertz CT molecular complexity index is 1050. The van der Waals surface area contributed by atoms with Crippen molar-refractivity contribution in [3.63, 3.8) is 0 Å². The first-order valence-corrected chi connectivity index (χ1v) is 8.92. The number of nitrogens with one attached hydrogen (secondary N) is 2. The summed E-state index contributed by atoms with van der Waals surface area (Å²) >= 11 is 0. The number of rotatable bonds is 6. The fraction of sp³-hybridized carbons (Fsp3) is 0.0909. The van der Waals surface area contributed by atoms with Crippen molar-refractivity contribution in [3.05, 3.63) is 83.7 Å². The van der Waals surface area contributed by atoms with E-state index in [1.165, 1.54) is 12.1 Å². The lowest BCUT2D eigenvalue weighted by atomic mass is 10.2. The molecule has 2 aromatic carbocycles. The highest BCUT2D eigenvalue weighted by Gasteiger charge is 2.13. The predicted octanol–water partition coefficient (Wildman–Crippen LogP) is 3.86. The molecule has 0 aliphatic carbocycles. The van der Waals surface area contributed by atoms with Crippen LogP contribution in [0, 0.1) is 11.3 Å². The van der Waals surface area contributed by atoms with Crippen molar-refractivity contribution in [2.24, 2.45) is 0 Å². The van der Waals surface area contributed by atoms with Crippen LogP contribution in [0.3, 0.4) is 0 Å². The predicted molar refractivity (Wildman–Crippen MR) is 109 cm³/mol. The summed E-state index contributed by atoms with van der Waals surface area (Å²) in [5.41, 5.74) is 1.84. The molecule has 0 spiro atoms. The second-order valence-electron chi connectivity index (χ2n) is 5.96. The molecule has 0 aliphatic rings. The molecule has 0 bridgehead atoms. The molecule has 3 aromatic rings. The number of nitrogens with zero attached hydrogens (tertiary/aromatic N) is 2. The average Bonchev–Trinajstić information content (AvgIpc) is 2.76. The molecule has 0 unspecified atom stereocenters. The molecule has 0 atom stereocenters. The highest BCUT2D eigenvalue weighted by Crippen LogP contribution is 2.16. The van der Waals surface area contributed by atoms with E-state index in [4.69, 9.17) is 10.00 Å². The smallest absolute Gasteiger partial charge is 0.274 e. The summed E-state index contributed by atoms with van der Waals surface area (Å²) in [6.45, 7) is 2.46. The van der Waals surface area contributed by atoms with E-state index in [2.05, 4.69) is 15.6 Å². The van der Waals surface area contributed by atoms with Crippen LogP contribution >= 0.6 is 0 Å². The van der Waals surface area contributed by atoms with E-state index in [1.54, 1.807) is 54.6 Å². The Morgan fingerprint density at radius 3 is 1.90 bits per heavy atom. The molecular weight excluding hydrogens is 368 g/mol. The number of carbonyl (C=O) groups excluding carboxylic acids is 2. The molecule has 0 saturated heterocycles. The molecule has 2 amide bonds. The Balaban J connectivity index is 1.68. The third-order valence-electron chi connectivity index (χ3n) is 3.91. The van der Waals surface area contributed by atoms with Crippen molar-refractivity contribution in [1.82, 2.24) is 4.98 Å². The molecule has 1 aromatic heterocycles. The van der Waals surface area contributed by atoms with Crippen LogP contribution in [0.5, 0.6) is 5.75 Å². The zero-order chi connectivity index (χ0) is 20.6. The summed E-state index contributed by atoms with van der Waals surface area (Å²) in [7, 11) is 0. The molecule has 7 heteroatoms. The topological polar surface area (TPSA) is 104 Å². The minimum atomic E-state index is -0.453. The summed E-state index contributed by atoms with van der Waals surface area (Å²) in [4.78, 5) is 29.0. The molecule has 29 heavy (non-hydrogen) atoms. The number of pyridine rings is 1. The van der Waals surface area contributed by atoms with Gasteiger partial charge in [0.2, 0.25) is 0 Å². The minimum absolute atomic E-state index is 0.105. The first-order chi connectivity index (χ1) is 14.1. The van der Waals surface area contributed by atoms with Gasteiger partial charge in [-0.15, -0.1) is 0 Å². The van der Waals surface area contributed by atoms with Gasteiger partial charge in [-0.25, -0.2) is 4.98 Å². The number of amides is 2. The monoisotopic (exact) mass is 386 g/mol.